The van der Waals surface area contributed by atoms with Crippen molar-refractivity contribution in [3.8, 4) is 0 Å². The van der Waals surface area contributed by atoms with Gasteiger partial charge in [0.15, 0.2) is 0 Å². The van der Waals surface area contributed by atoms with E-state index in [-0.39, 0.29) is 39.9 Å². The summed E-state index contributed by atoms with van der Waals surface area (Å²) >= 11 is 5.89. The van der Waals surface area contributed by atoms with Crippen LogP contribution in [0.4, 0.5) is 11.4 Å². The number of rotatable bonds is 4. The SMILES string of the molecule is CNC(=O)c1cc(NC(=O)c2cc(Cl)ccc2N)cc(C(=O)NC)c1. The number of nitrogen functional groups attached to an aromatic ring is 1. The van der Waals surface area contributed by atoms with Crippen LogP contribution >= 0.6 is 11.6 Å². The van der Waals surface area contributed by atoms with E-state index in [1.165, 1.54) is 44.4 Å². The Balaban J connectivity index is 2.40. The highest BCUT2D eigenvalue weighted by molar-refractivity contribution is 6.31. The Labute approximate surface area is 149 Å². The van der Waals surface area contributed by atoms with Gasteiger partial charge in [-0.1, -0.05) is 11.6 Å². The summed E-state index contributed by atoms with van der Waals surface area (Å²) in [7, 11) is 2.94. The third-order valence-electron chi connectivity index (χ3n) is 3.43. The maximum atomic E-state index is 12.4. The van der Waals surface area contributed by atoms with Crippen molar-refractivity contribution in [2.24, 2.45) is 0 Å². The van der Waals surface area contributed by atoms with Crippen LogP contribution in [0.3, 0.4) is 0 Å². The first-order valence-corrected chi connectivity index (χ1v) is 7.69. The van der Waals surface area contributed by atoms with Crippen LogP contribution in [0, 0.1) is 0 Å². The fourth-order valence-corrected chi connectivity index (χ4v) is 2.35. The standard InChI is InChI=1S/C17H17ClN4O3/c1-20-15(23)9-5-10(16(24)21-2)7-12(6-9)22-17(25)13-8-11(18)3-4-14(13)19/h3-8H,19H2,1-2H3,(H,20,23)(H,21,24)(H,22,25). The van der Waals surface area contributed by atoms with Gasteiger partial charge in [-0.25, -0.2) is 0 Å². The summed E-state index contributed by atoms with van der Waals surface area (Å²) in [5.41, 5.74) is 7.00. The second kappa shape index (κ2) is 7.67. The van der Waals surface area contributed by atoms with Crippen LogP contribution in [0.15, 0.2) is 36.4 Å². The molecule has 0 atom stereocenters. The lowest BCUT2D eigenvalue weighted by atomic mass is 10.1. The van der Waals surface area contributed by atoms with E-state index >= 15 is 0 Å². The Morgan fingerprint density at radius 3 is 1.96 bits per heavy atom. The molecule has 5 N–H and O–H groups in total. The normalized spacial score (nSPS) is 10.0. The molecule has 0 saturated carbocycles. The molecule has 0 fully saturated rings. The molecule has 0 heterocycles. The zero-order chi connectivity index (χ0) is 18.6. The lowest BCUT2D eigenvalue weighted by Gasteiger charge is -2.11. The Morgan fingerprint density at radius 1 is 0.880 bits per heavy atom. The van der Waals surface area contributed by atoms with Crippen molar-refractivity contribution >= 4 is 40.7 Å². The summed E-state index contributed by atoms with van der Waals surface area (Å²) in [4.78, 5) is 36.2. The van der Waals surface area contributed by atoms with Gasteiger partial charge in [-0.3, -0.25) is 14.4 Å². The van der Waals surface area contributed by atoms with Gasteiger partial charge in [0.05, 0.1) is 5.56 Å². The predicted octanol–water partition coefficient (Wildman–Crippen LogP) is 1.89. The predicted molar refractivity (Wildman–Crippen MR) is 97.0 cm³/mol. The zero-order valence-electron chi connectivity index (χ0n) is 13.6. The van der Waals surface area contributed by atoms with Gasteiger partial charge >= 0.3 is 0 Å². The Hall–Kier alpha value is -3.06. The number of carbonyl (C=O) groups excluding carboxylic acids is 3. The van der Waals surface area contributed by atoms with Crippen LogP contribution in [-0.4, -0.2) is 31.8 Å². The van der Waals surface area contributed by atoms with Crippen molar-refractivity contribution in [3.05, 3.63) is 58.1 Å². The third-order valence-corrected chi connectivity index (χ3v) is 3.66. The number of carbonyl (C=O) groups is 3. The van der Waals surface area contributed by atoms with Crippen LogP contribution in [0.5, 0.6) is 0 Å². The zero-order valence-corrected chi connectivity index (χ0v) is 14.4. The molecule has 130 valence electrons. The minimum atomic E-state index is -0.503. The van der Waals surface area contributed by atoms with Gasteiger partial charge in [-0.2, -0.15) is 0 Å². The van der Waals surface area contributed by atoms with Gasteiger partial charge in [0, 0.05) is 41.6 Å². The molecule has 0 aliphatic heterocycles. The summed E-state index contributed by atoms with van der Waals surface area (Å²) in [5, 5.41) is 7.94. The molecule has 7 nitrogen and oxygen atoms in total. The highest BCUT2D eigenvalue weighted by Crippen LogP contribution is 2.21. The number of hydrogen-bond donors (Lipinski definition) is 4. The van der Waals surface area contributed by atoms with Gasteiger partial charge in [-0.05, 0) is 36.4 Å². The summed E-state index contributed by atoms with van der Waals surface area (Å²) < 4.78 is 0. The third kappa shape index (κ3) is 4.27. The molecule has 0 radical (unpaired) electrons. The van der Waals surface area contributed by atoms with Crippen molar-refractivity contribution in [1.82, 2.24) is 10.6 Å². The first kappa shape index (κ1) is 18.3. The van der Waals surface area contributed by atoms with E-state index in [0.29, 0.717) is 5.02 Å². The molecular formula is C17H17ClN4O3. The molecule has 0 spiro atoms. The lowest BCUT2D eigenvalue weighted by molar-refractivity contribution is 0.0960. The van der Waals surface area contributed by atoms with Crippen LogP contribution in [0.2, 0.25) is 5.02 Å². The van der Waals surface area contributed by atoms with E-state index in [1.54, 1.807) is 6.07 Å². The molecule has 0 saturated heterocycles. The minimum absolute atomic E-state index is 0.194. The topological polar surface area (TPSA) is 113 Å². The van der Waals surface area contributed by atoms with E-state index in [0.717, 1.165) is 0 Å². The summed E-state index contributed by atoms with van der Waals surface area (Å²) in [6.07, 6.45) is 0. The monoisotopic (exact) mass is 360 g/mol. The van der Waals surface area contributed by atoms with E-state index < -0.39 is 5.91 Å². The van der Waals surface area contributed by atoms with Crippen LogP contribution in [0.1, 0.15) is 31.1 Å². The molecule has 8 heteroatoms. The molecular weight excluding hydrogens is 344 g/mol. The van der Waals surface area contributed by atoms with E-state index in [9.17, 15) is 14.4 Å². The lowest BCUT2D eigenvalue weighted by Crippen LogP contribution is -2.22. The summed E-state index contributed by atoms with van der Waals surface area (Å²) in [6.45, 7) is 0. The molecule has 0 aliphatic rings. The summed E-state index contributed by atoms with van der Waals surface area (Å²) in [5.74, 6) is -1.27. The number of halogens is 1. The number of amides is 3. The second-order valence-electron chi connectivity index (χ2n) is 5.14. The van der Waals surface area contributed by atoms with Gasteiger partial charge < -0.3 is 21.7 Å². The Kier molecular flexibility index (Phi) is 5.61. The quantitative estimate of drug-likeness (QED) is 0.623. The molecule has 0 unspecified atom stereocenters. The molecule has 0 bridgehead atoms. The molecule has 0 aromatic heterocycles. The number of hydrogen-bond acceptors (Lipinski definition) is 4. The first-order valence-electron chi connectivity index (χ1n) is 7.31. The molecule has 2 aromatic rings. The fraction of sp³-hybridized carbons (Fsp3) is 0.118. The van der Waals surface area contributed by atoms with Crippen molar-refractivity contribution in [1.29, 1.82) is 0 Å². The first-order chi connectivity index (χ1) is 11.8. The van der Waals surface area contributed by atoms with Gasteiger partial charge in [0.1, 0.15) is 0 Å². The largest absolute Gasteiger partial charge is 0.398 e. The van der Waals surface area contributed by atoms with E-state index in [4.69, 9.17) is 17.3 Å². The van der Waals surface area contributed by atoms with Crippen LogP contribution in [0.25, 0.3) is 0 Å². The smallest absolute Gasteiger partial charge is 0.257 e. The average Bonchev–Trinajstić information content (AvgIpc) is 2.61. The molecule has 2 rings (SSSR count). The maximum absolute atomic E-state index is 12.4. The maximum Gasteiger partial charge on any atom is 0.257 e. The number of benzene rings is 2. The Bertz CT molecular complexity index is 818. The van der Waals surface area contributed by atoms with Crippen LogP contribution in [-0.2, 0) is 0 Å². The molecule has 25 heavy (non-hydrogen) atoms. The molecule has 3 amide bonds. The number of anilines is 2. The van der Waals surface area contributed by atoms with E-state index in [1.807, 2.05) is 0 Å². The van der Waals surface area contributed by atoms with Gasteiger partial charge in [-0.15, -0.1) is 0 Å². The van der Waals surface area contributed by atoms with Gasteiger partial charge in [0.2, 0.25) is 0 Å². The number of nitrogens with one attached hydrogen (secondary N) is 3. The highest BCUT2D eigenvalue weighted by Gasteiger charge is 2.15. The molecule has 0 aliphatic carbocycles. The Morgan fingerprint density at radius 2 is 1.44 bits per heavy atom. The van der Waals surface area contributed by atoms with Crippen molar-refractivity contribution in [2.75, 3.05) is 25.1 Å². The summed E-state index contributed by atoms with van der Waals surface area (Å²) in [6, 6.07) is 8.89. The fourth-order valence-electron chi connectivity index (χ4n) is 2.17. The van der Waals surface area contributed by atoms with Gasteiger partial charge in [0.25, 0.3) is 17.7 Å². The van der Waals surface area contributed by atoms with E-state index in [2.05, 4.69) is 16.0 Å². The number of nitrogens with two attached hydrogens (primary N) is 1. The average molecular weight is 361 g/mol. The minimum Gasteiger partial charge on any atom is -0.398 e. The highest BCUT2D eigenvalue weighted by atomic mass is 35.5. The second-order valence-corrected chi connectivity index (χ2v) is 5.58. The van der Waals surface area contributed by atoms with Crippen molar-refractivity contribution in [3.63, 3.8) is 0 Å². The molecule has 2 aromatic carbocycles. The van der Waals surface area contributed by atoms with Crippen molar-refractivity contribution < 1.29 is 14.4 Å². The van der Waals surface area contributed by atoms with Crippen molar-refractivity contribution in [2.45, 2.75) is 0 Å². The van der Waals surface area contributed by atoms with Crippen LogP contribution < -0.4 is 21.7 Å².